The van der Waals surface area contributed by atoms with Crippen molar-refractivity contribution in [1.82, 2.24) is 0 Å². The van der Waals surface area contributed by atoms with Crippen LogP contribution in [0.25, 0.3) is 5.57 Å². The predicted molar refractivity (Wildman–Crippen MR) is 79.1 cm³/mol. The van der Waals surface area contributed by atoms with Crippen molar-refractivity contribution in [1.29, 1.82) is 0 Å². The standard InChI is InChI=1S/C17H15F3O2/c1-21-15-9-8-13(10-16(15)22-2)14(11-17(18,19)20)12-6-4-3-5-7-12/h3-11H,1-2H3/b14-11-. The third-order valence-electron chi connectivity index (χ3n) is 3.09. The first-order valence-electron chi connectivity index (χ1n) is 6.52. The molecular formula is C17H15F3O2. The predicted octanol–water partition coefficient (Wildman–Crippen LogP) is 4.70. The fraction of sp³-hybridized carbons (Fsp3) is 0.176. The van der Waals surface area contributed by atoms with Gasteiger partial charge in [0, 0.05) is 6.08 Å². The average Bonchev–Trinajstić information content (AvgIpc) is 2.52. The summed E-state index contributed by atoms with van der Waals surface area (Å²) >= 11 is 0. The highest BCUT2D eigenvalue weighted by molar-refractivity contribution is 5.81. The Hall–Kier alpha value is -2.43. The van der Waals surface area contributed by atoms with Crippen LogP contribution >= 0.6 is 0 Å². The Morgan fingerprint density at radius 1 is 0.864 bits per heavy atom. The maximum Gasteiger partial charge on any atom is 0.410 e. The summed E-state index contributed by atoms with van der Waals surface area (Å²) in [5, 5.41) is 0. The molecule has 2 nitrogen and oxygen atoms in total. The molecule has 0 radical (unpaired) electrons. The molecule has 116 valence electrons. The molecule has 0 N–H and O–H groups in total. The summed E-state index contributed by atoms with van der Waals surface area (Å²) in [6, 6.07) is 13.1. The van der Waals surface area contributed by atoms with Gasteiger partial charge in [-0.15, -0.1) is 0 Å². The Labute approximate surface area is 126 Å². The van der Waals surface area contributed by atoms with Gasteiger partial charge in [-0.1, -0.05) is 36.4 Å². The third kappa shape index (κ3) is 3.81. The van der Waals surface area contributed by atoms with E-state index in [1.54, 1.807) is 42.5 Å². The van der Waals surface area contributed by atoms with Gasteiger partial charge in [0.1, 0.15) is 0 Å². The molecule has 0 amide bonds. The molecule has 22 heavy (non-hydrogen) atoms. The van der Waals surface area contributed by atoms with Crippen molar-refractivity contribution in [3.8, 4) is 11.5 Å². The molecule has 5 heteroatoms. The van der Waals surface area contributed by atoms with Crippen LogP contribution in [0.1, 0.15) is 11.1 Å². The largest absolute Gasteiger partial charge is 0.493 e. The maximum absolute atomic E-state index is 12.9. The van der Waals surface area contributed by atoms with E-state index < -0.39 is 6.18 Å². The molecule has 0 aliphatic rings. The van der Waals surface area contributed by atoms with Gasteiger partial charge < -0.3 is 9.47 Å². The summed E-state index contributed by atoms with van der Waals surface area (Å²) < 4.78 is 48.9. The van der Waals surface area contributed by atoms with Gasteiger partial charge in [-0.3, -0.25) is 0 Å². The molecule has 0 aliphatic carbocycles. The molecule has 0 saturated carbocycles. The topological polar surface area (TPSA) is 18.5 Å². The average molecular weight is 308 g/mol. The molecule has 2 rings (SSSR count). The zero-order chi connectivity index (χ0) is 16.2. The van der Waals surface area contributed by atoms with Crippen molar-refractivity contribution in [2.75, 3.05) is 14.2 Å². The minimum atomic E-state index is -4.42. The molecule has 2 aromatic carbocycles. The van der Waals surface area contributed by atoms with E-state index in [1.807, 2.05) is 0 Å². The lowest BCUT2D eigenvalue weighted by Crippen LogP contribution is -2.04. The second kappa shape index (κ2) is 6.56. The molecule has 0 spiro atoms. The fourth-order valence-electron chi connectivity index (χ4n) is 2.12. The summed E-state index contributed by atoms with van der Waals surface area (Å²) in [5.74, 6) is 0.842. The highest BCUT2D eigenvalue weighted by Crippen LogP contribution is 2.34. The minimum Gasteiger partial charge on any atom is -0.493 e. The van der Waals surface area contributed by atoms with Crippen LogP contribution in [0.15, 0.2) is 54.6 Å². The van der Waals surface area contributed by atoms with Crippen molar-refractivity contribution >= 4 is 5.57 Å². The first-order valence-corrected chi connectivity index (χ1v) is 6.52. The molecule has 0 unspecified atom stereocenters. The van der Waals surface area contributed by atoms with E-state index in [2.05, 4.69) is 0 Å². The first-order chi connectivity index (χ1) is 10.4. The molecule has 0 fully saturated rings. The maximum atomic E-state index is 12.9. The van der Waals surface area contributed by atoms with Crippen LogP contribution in [-0.4, -0.2) is 20.4 Å². The number of rotatable bonds is 4. The van der Waals surface area contributed by atoms with Gasteiger partial charge >= 0.3 is 6.18 Å². The van der Waals surface area contributed by atoms with Gasteiger partial charge in [0.05, 0.1) is 14.2 Å². The SMILES string of the molecule is COc1ccc(/C(=C\C(F)(F)F)c2ccccc2)cc1OC. The number of ether oxygens (including phenoxy) is 2. The van der Waals surface area contributed by atoms with Crippen molar-refractivity contribution in [3.05, 3.63) is 65.7 Å². The Balaban J connectivity index is 2.58. The highest BCUT2D eigenvalue weighted by atomic mass is 19.4. The van der Waals surface area contributed by atoms with Crippen molar-refractivity contribution < 1.29 is 22.6 Å². The number of hydrogen-bond acceptors (Lipinski definition) is 2. The number of hydrogen-bond donors (Lipinski definition) is 0. The van der Waals surface area contributed by atoms with E-state index >= 15 is 0 Å². The lowest BCUT2D eigenvalue weighted by Gasteiger charge is -2.13. The summed E-state index contributed by atoms with van der Waals surface area (Å²) in [7, 11) is 2.92. The van der Waals surface area contributed by atoms with Crippen LogP contribution in [0, 0.1) is 0 Å². The number of methoxy groups -OCH3 is 2. The second-order valence-corrected chi connectivity index (χ2v) is 4.54. The van der Waals surface area contributed by atoms with Gasteiger partial charge in [-0.25, -0.2) is 0 Å². The van der Waals surface area contributed by atoms with E-state index in [-0.39, 0.29) is 5.57 Å². The molecule has 0 bridgehead atoms. The Kier molecular flexibility index (Phi) is 4.75. The number of allylic oxidation sites excluding steroid dienone is 1. The molecule has 0 aromatic heterocycles. The molecule has 0 aliphatic heterocycles. The number of halogens is 3. The normalized spacial score (nSPS) is 12.1. The van der Waals surface area contributed by atoms with Gasteiger partial charge in [-0.05, 0) is 28.8 Å². The second-order valence-electron chi connectivity index (χ2n) is 4.54. The monoisotopic (exact) mass is 308 g/mol. The third-order valence-corrected chi connectivity index (χ3v) is 3.09. The number of benzene rings is 2. The lowest BCUT2D eigenvalue weighted by atomic mass is 9.97. The summed E-state index contributed by atoms with van der Waals surface area (Å²) in [6.07, 6.45) is -4.12. The van der Waals surface area contributed by atoms with Gasteiger partial charge in [0.2, 0.25) is 0 Å². The van der Waals surface area contributed by atoms with E-state index in [0.29, 0.717) is 28.7 Å². The quantitative estimate of drug-likeness (QED) is 0.815. The van der Waals surface area contributed by atoms with Gasteiger partial charge in [0.25, 0.3) is 0 Å². The fourth-order valence-corrected chi connectivity index (χ4v) is 2.12. The minimum absolute atomic E-state index is 0.0778. The Morgan fingerprint density at radius 2 is 1.50 bits per heavy atom. The summed E-state index contributed by atoms with van der Waals surface area (Å²) in [6.45, 7) is 0. The molecule has 0 atom stereocenters. The van der Waals surface area contributed by atoms with Gasteiger partial charge in [-0.2, -0.15) is 13.2 Å². The highest BCUT2D eigenvalue weighted by Gasteiger charge is 2.26. The van der Waals surface area contributed by atoms with Crippen molar-refractivity contribution in [2.24, 2.45) is 0 Å². The van der Waals surface area contributed by atoms with Crippen LogP contribution in [0.2, 0.25) is 0 Å². The molecular weight excluding hydrogens is 293 g/mol. The van der Waals surface area contributed by atoms with Crippen LogP contribution in [0.5, 0.6) is 11.5 Å². The van der Waals surface area contributed by atoms with E-state index in [0.717, 1.165) is 0 Å². The van der Waals surface area contributed by atoms with E-state index in [9.17, 15) is 13.2 Å². The molecule has 2 aromatic rings. The van der Waals surface area contributed by atoms with E-state index in [1.165, 1.54) is 20.3 Å². The van der Waals surface area contributed by atoms with Gasteiger partial charge in [0.15, 0.2) is 11.5 Å². The molecule has 0 heterocycles. The van der Waals surface area contributed by atoms with Crippen molar-refractivity contribution in [3.63, 3.8) is 0 Å². The Bertz CT molecular complexity index is 661. The van der Waals surface area contributed by atoms with Crippen LogP contribution in [0.4, 0.5) is 13.2 Å². The zero-order valence-electron chi connectivity index (χ0n) is 12.1. The van der Waals surface area contributed by atoms with Crippen molar-refractivity contribution in [2.45, 2.75) is 6.18 Å². The lowest BCUT2D eigenvalue weighted by molar-refractivity contribution is -0.0793. The smallest absolute Gasteiger partial charge is 0.410 e. The van der Waals surface area contributed by atoms with Crippen LogP contribution in [0.3, 0.4) is 0 Å². The summed E-state index contributed by atoms with van der Waals surface area (Å²) in [4.78, 5) is 0. The zero-order valence-corrected chi connectivity index (χ0v) is 12.1. The Morgan fingerprint density at radius 3 is 2.05 bits per heavy atom. The van der Waals surface area contributed by atoms with Crippen LogP contribution < -0.4 is 9.47 Å². The molecule has 0 saturated heterocycles. The van der Waals surface area contributed by atoms with E-state index in [4.69, 9.17) is 9.47 Å². The first kappa shape index (κ1) is 15.9. The number of alkyl halides is 3. The van der Waals surface area contributed by atoms with Crippen LogP contribution in [-0.2, 0) is 0 Å². The summed E-state index contributed by atoms with van der Waals surface area (Å²) in [5.41, 5.74) is 0.960.